The molecular formula is C16H23FN2O2. The maximum absolute atomic E-state index is 13.2. The lowest BCUT2D eigenvalue weighted by Crippen LogP contribution is -2.43. The fraction of sp³-hybridized carbons (Fsp3) is 0.562. The lowest BCUT2D eigenvalue weighted by atomic mass is 9.99. The second-order valence-corrected chi connectivity index (χ2v) is 5.79. The largest absolute Gasteiger partial charge is 0.396 e. The number of nitrogens with one attached hydrogen (secondary N) is 1. The van der Waals surface area contributed by atoms with Crippen molar-refractivity contribution in [1.82, 2.24) is 10.2 Å². The van der Waals surface area contributed by atoms with Crippen LogP contribution < -0.4 is 5.32 Å². The van der Waals surface area contributed by atoms with Crippen LogP contribution in [0.5, 0.6) is 0 Å². The molecule has 1 saturated heterocycles. The van der Waals surface area contributed by atoms with Crippen molar-refractivity contribution in [2.45, 2.75) is 26.3 Å². The van der Waals surface area contributed by atoms with Gasteiger partial charge in [-0.3, -0.25) is 9.69 Å². The summed E-state index contributed by atoms with van der Waals surface area (Å²) in [5.74, 6) is 0.0234. The summed E-state index contributed by atoms with van der Waals surface area (Å²) in [4.78, 5) is 14.0. The Morgan fingerprint density at radius 3 is 3.05 bits per heavy atom. The van der Waals surface area contributed by atoms with Gasteiger partial charge in [0.15, 0.2) is 0 Å². The lowest BCUT2D eigenvalue weighted by Gasteiger charge is -2.31. The highest BCUT2D eigenvalue weighted by Gasteiger charge is 2.20. The van der Waals surface area contributed by atoms with Crippen molar-refractivity contribution >= 4 is 5.91 Å². The molecule has 1 fully saturated rings. The number of hydrogen-bond donors (Lipinski definition) is 2. The number of aryl methyl sites for hydroxylation is 1. The van der Waals surface area contributed by atoms with Gasteiger partial charge in [-0.05, 0) is 49.4 Å². The van der Waals surface area contributed by atoms with Gasteiger partial charge in [0.1, 0.15) is 5.82 Å². The van der Waals surface area contributed by atoms with Gasteiger partial charge in [0.25, 0.3) is 0 Å². The summed E-state index contributed by atoms with van der Waals surface area (Å²) in [5, 5.41) is 12.0. The van der Waals surface area contributed by atoms with Gasteiger partial charge in [-0.2, -0.15) is 0 Å². The maximum Gasteiger partial charge on any atom is 0.234 e. The summed E-state index contributed by atoms with van der Waals surface area (Å²) in [6, 6.07) is 4.86. The van der Waals surface area contributed by atoms with E-state index in [-0.39, 0.29) is 24.2 Å². The Bertz CT molecular complexity index is 493. The number of aliphatic hydroxyl groups excluding tert-OH is 1. The fourth-order valence-electron chi connectivity index (χ4n) is 2.72. The zero-order valence-electron chi connectivity index (χ0n) is 12.4. The lowest BCUT2D eigenvalue weighted by molar-refractivity contribution is -0.122. The van der Waals surface area contributed by atoms with Crippen LogP contribution in [0.3, 0.4) is 0 Å². The minimum absolute atomic E-state index is 0.0319. The van der Waals surface area contributed by atoms with Crippen LogP contribution in [0, 0.1) is 18.7 Å². The number of amides is 1. The highest BCUT2D eigenvalue weighted by Crippen LogP contribution is 2.15. The van der Waals surface area contributed by atoms with E-state index in [1.54, 1.807) is 19.1 Å². The minimum Gasteiger partial charge on any atom is -0.396 e. The Balaban J connectivity index is 1.77. The monoisotopic (exact) mass is 294 g/mol. The van der Waals surface area contributed by atoms with E-state index in [1.165, 1.54) is 6.07 Å². The van der Waals surface area contributed by atoms with Gasteiger partial charge in [0.05, 0.1) is 6.54 Å². The predicted molar refractivity (Wildman–Crippen MR) is 79.2 cm³/mol. The summed E-state index contributed by atoms with van der Waals surface area (Å²) < 4.78 is 13.2. The van der Waals surface area contributed by atoms with Gasteiger partial charge in [-0.15, -0.1) is 0 Å². The average molecular weight is 294 g/mol. The first kappa shape index (κ1) is 15.9. The number of hydrogen-bond acceptors (Lipinski definition) is 3. The molecule has 2 N–H and O–H groups in total. The molecule has 0 aromatic heterocycles. The second kappa shape index (κ2) is 7.52. The Hall–Kier alpha value is -1.46. The number of carbonyl (C=O) groups is 1. The van der Waals surface area contributed by atoms with Crippen LogP contribution >= 0.6 is 0 Å². The number of piperidine rings is 1. The molecule has 1 aliphatic rings. The number of carbonyl (C=O) groups excluding carboxylic acids is 1. The van der Waals surface area contributed by atoms with Gasteiger partial charge in [0, 0.05) is 19.7 Å². The van der Waals surface area contributed by atoms with Crippen molar-refractivity contribution in [3.63, 3.8) is 0 Å². The van der Waals surface area contributed by atoms with Gasteiger partial charge in [-0.25, -0.2) is 4.39 Å². The van der Waals surface area contributed by atoms with Gasteiger partial charge < -0.3 is 10.4 Å². The smallest absolute Gasteiger partial charge is 0.234 e. The third-order valence-corrected chi connectivity index (χ3v) is 3.94. The van der Waals surface area contributed by atoms with Crippen molar-refractivity contribution in [2.75, 3.05) is 26.2 Å². The van der Waals surface area contributed by atoms with Crippen molar-refractivity contribution in [2.24, 2.45) is 5.92 Å². The molecular weight excluding hydrogens is 271 g/mol. The Morgan fingerprint density at radius 2 is 2.33 bits per heavy atom. The summed E-state index contributed by atoms with van der Waals surface area (Å²) in [5.41, 5.74) is 1.48. The SMILES string of the molecule is Cc1cc(CNC(=O)CN2CCCC(CO)C2)ccc1F. The van der Waals surface area contributed by atoms with Crippen molar-refractivity contribution in [3.05, 3.63) is 35.1 Å². The van der Waals surface area contributed by atoms with Gasteiger partial charge in [-0.1, -0.05) is 12.1 Å². The standard InChI is InChI=1S/C16H23FN2O2/c1-12-7-13(4-5-15(12)17)8-18-16(21)10-19-6-2-3-14(9-19)11-20/h4-5,7,14,20H,2-3,6,8-11H2,1H3,(H,18,21). The molecule has 1 heterocycles. The normalized spacial score (nSPS) is 19.5. The highest BCUT2D eigenvalue weighted by molar-refractivity contribution is 5.78. The molecule has 116 valence electrons. The van der Waals surface area contributed by atoms with Crippen LogP contribution in [0.4, 0.5) is 4.39 Å². The van der Waals surface area contributed by atoms with E-state index in [0.717, 1.165) is 31.5 Å². The van der Waals surface area contributed by atoms with Crippen LogP contribution in [0.15, 0.2) is 18.2 Å². The van der Waals surface area contributed by atoms with E-state index < -0.39 is 0 Å². The van der Waals surface area contributed by atoms with E-state index in [2.05, 4.69) is 10.2 Å². The summed E-state index contributed by atoms with van der Waals surface area (Å²) in [6.07, 6.45) is 2.05. The van der Waals surface area contributed by atoms with Gasteiger partial charge in [0.2, 0.25) is 5.91 Å². The van der Waals surface area contributed by atoms with Crippen LogP contribution in [-0.4, -0.2) is 42.2 Å². The van der Waals surface area contributed by atoms with Crippen molar-refractivity contribution in [3.8, 4) is 0 Å². The Labute approximate surface area is 125 Å². The predicted octanol–water partition coefficient (Wildman–Crippen LogP) is 1.45. The van der Waals surface area contributed by atoms with Crippen LogP contribution in [0.1, 0.15) is 24.0 Å². The Kier molecular flexibility index (Phi) is 5.70. The number of aliphatic hydroxyl groups is 1. The highest BCUT2D eigenvalue weighted by atomic mass is 19.1. The third kappa shape index (κ3) is 4.79. The van der Waals surface area contributed by atoms with Crippen LogP contribution in [0.25, 0.3) is 0 Å². The first-order valence-electron chi connectivity index (χ1n) is 7.43. The van der Waals surface area contributed by atoms with E-state index in [9.17, 15) is 14.3 Å². The first-order valence-corrected chi connectivity index (χ1v) is 7.43. The summed E-state index contributed by atoms with van der Waals surface area (Å²) in [6.45, 7) is 4.35. The molecule has 1 unspecified atom stereocenters. The van der Waals surface area contributed by atoms with Crippen molar-refractivity contribution in [1.29, 1.82) is 0 Å². The zero-order chi connectivity index (χ0) is 15.2. The van der Waals surface area contributed by atoms with Crippen molar-refractivity contribution < 1.29 is 14.3 Å². The molecule has 1 aromatic carbocycles. The second-order valence-electron chi connectivity index (χ2n) is 5.79. The average Bonchev–Trinajstić information content (AvgIpc) is 2.48. The van der Waals surface area contributed by atoms with E-state index in [1.807, 2.05) is 0 Å². The molecule has 0 saturated carbocycles. The van der Waals surface area contributed by atoms with E-state index in [4.69, 9.17) is 0 Å². The molecule has 1 aromatic rings. The quantitative estimate of drug-likeness (QED) is 0.864. The Morgan fingerprint density at radius 1 is 1.52 bits per heavy atom. The summed E-state index contributed by atoms with van der Waals surface area (Å²) >= 11 is 0. The molecule has 1 amide bonds. The molecule has 1 aliphatic heterocycles. The third-order valence-electron chi connectivity index (χ3n) is 3.94. The zero-order valence-corrected chi connectivity index (χ0v) is 12.4. The number of benzene rings is 1. The number of halogens is 1. The van der Waals surface area contributed by atoms with Gasteiger partial charge >= 0.3 is 0 Å². The molecule has 0 bridgehead atoms. The molecule has 4 nitrogen and oxygen atoms in total. The number of likely N-dealkylation sites (tertiary alicyclic amines) is 1. The van der Waals surface area contributed by atoms with Crippen LogP contribution in [0.2, 0.25) is 0 Å². The topological polar surface area (TPSA) is 52.6 Å². The molecule has 0 aliphatic carbocycles. The van der Waals surface area contributed by atoms with E-state index >= 15 is 0 Å². The molecule has 2 rings (SSSR count). The van der Waals surface area contributed by atoms with Crippen LogP contribution in [-0.2, 0) is 11.3 Å². The minimum atomic E-state index is -0.228. The maximum atomic E-state index is 13.2. The fourth-order valence-corrected chi connectivity index (χ4v) is 2.72. The number of nitrogens with zero attached hydrogens (tertiary/aromatic N) is 1. The number of rotatable bonds is 5. The molecule has 0 radical (unpaired) electrons. The molecule has 21 heavy (non-hydrogen) atoms. The molecule has 1 atom stereocenters. The first-order chi connectivity index (χ1) is 10.1. The molecule has 0 spiro atoms. The van der Waals surface area contributed by atoms with E-state index in [0.29, 0.717) is 18.7 Å². The summed E-state index contributed by atoms with van der Waals surface area (Å²) in [7, 11) is 0. The molecule has 5 heteroatoms.